The maximum atomic E-state index is 12.9. The van der Waals surface area contributed by atoms with Crippen LogP contribution in [0.2, 0.25) is 0 Å². The minimum atomic E-state index is -0.774. The van der Waals surface area contributed by atoms with Gasteiger partial charge in [-0.25, -0.2) is 4.39 Å². The second-order valence-electron chi connectivity index (χ2n) is 4.61. The van der Waals surface area contributed by atoms with Gasteiger partial charge in [0.25, 0.3) is 0 Å². The van der Waals surface area contributed by atoms with Crippen LogP contribution >= 0.6 is 0 Å². The Morgan fingerprint density at radius 1 is 1.47 bits per heavy atom. The number of carbonyl (C=O) groups is 2. The van der Waals surface area contributed by atoms with E-state index in [9.17, 15) is 19.1 Å². The van der Waals surface area contributed by atoms with Crippen molar-refractivity contribution in [3.8, 4) is 0 Å². The van der Waals surface area contributed by atoms with E-state index in [1.54, 1.807) is 6.92 Å². The molecule has 2 rings (SSSR count). The van der Waals surface area contributed by atoms with Gasteiger partial charge in [0.2, 0.25) is 0 Å². The molecule has 1 fully saturated rings. The predicted octanol–water partition coefficient (Wildman–Crippen LogP) is 0.666. The third-order valence-corrected chi connectivity index (χ3v) is 3.08. The fourth-order valence-electron chi connectivity index (χ4n) is 2.01. The Morgan fingerprint density at radius 3 is 2.79 bits per heavy atom. The maximum absolute atomic E-state index is 12.9. The summed E-state index contributed by atoms with van der Waals surface area (Å²) < 4.78 is 12.9. The van der Waals surface area contributed by atoms with Crippen molar-refractivity contribution in [2.24, 2.45) is 0 Å². The number of aliphatic hydroxyl groups excluding tert-OH is 1. The molecular weight excluding hydrogens is 251 g/mol. The van der Waals surface area contributed by atoms with Gasteiger partial charge in [-0.05, 0) is 37.1 Å². The molecule has 102 valence electrons. The van der Waals surface area contributed by atoms with E-state index < -0.39 is 23.7 Å². The van der Waals surface area contributed by atoms with Gasteiger partial charge in [0.05, 0.1) is 6.10 Å². The summed E-state index contributed by atoms with van der Waals surface area (Å²) >= 11 is 0. The molecule has 0 aromatic heterocycles. The van der Waals surface area contributed by atoms with Crippen LogP contribution in [0.1, 0.15) is 12.0 Å². The number of hydrogen-bond donors (Lipinski definition) is 2. The monoisotopic (exact) mass is 266 g/mol. The number of likely N-dealkylation sites (tertiary alicyclic amines) is 1. The van der Waals surface area contributed by atoms with Crippen LogP contribution in [0.5, 0.6) is 0 Å². The molecule has 1 aromatic rings. The zero-order chi connectivity index (χ0) is 14.0. The number of rotatable bonds is 1. The molecule has 1 aliphatic heterocycles. The van der Waals surface area contributed by atoms with Crippen LogP contribution in [0.4, 0.5) is 10.1 Å². The van der Waals surface area contributed by atoms with Crippen LogP contribution in [-0.2, 0) is 9.59 Å². The number of nitrogens with one attached hydrogen (secondary N) is 1. The van der Waals surface area contributed by atoms with Crippen molar-refractivity contribution in [2.45, 2.75) is 19.4 Å². The Morgan fingerprint density at radius 2 is 2.21 bits per heavy atom. The normalized spacial score (nSPS) is 18.5. The van der Waals surface area contributed by atoms with Crippen LogP contribution in [0.25, 0.3) is 0 Å². The van der Waals surface area contributed by atoms with Gasteiger partial charge in [0.1, 0.15) is 5.82 Å². The van der Waals surface area contributed by atoms with Crippen LogP contribution in [-0.4, -0.2) is 41.0 Å². The summed E-state index contributed by atoms with van der Waals surface area (Å²) in [6, 6.07) is 3.90. The summed E-state index contributed by atoms with van der Waals surface area (Å²) in [6.45, 7) is 2.19. The van der Waals surface area contributed by atoms with Crippen LogP contribution < -0.4 is 5.32 Å². The molecule has 0 radical (unpaired) electrons. The van der Waals surface area contributed by atoms with Gasteiger partial charge < -0.3 is 15.3 Å². The minimum Gasteiger partial charge on any atom is -0.391 e. The lowest BCUT2D eigenvalue weighted by Gasteiger charge is -2.15. The van der Waals surface area contributed by atoms with Crippen molar-refractivity contribution >= 4 is 17.5 Å². The van der Waals surface area contributed by atoms with Crippen LogP contribution in [0.15, 0.2) is 18.2 Å². The molecule has 1 saturated heterocycles. The highest BCUT2D eigenvalue weighted by molar-refractivity contribution is 6.39. The summed E-state index contributed by atoms with van der Waals surface area (Å²) in [5.41, 5.74) is 0.946. The largest absolute Gasteiger partial charge is 0.391 e. The number of β-amino-alcohol motifs (C(OH)–C–C–N with tert-alkyl or cyclic N) is 1. The Labute approximate surface area is 110 Å². The van der Waals surface area contributed by atoms with Gasteiger partial charge in [-0.1, -0.05) is 0 Å². The second kappa shape index (κ2) is 5.36. The van der Waals surface area contributed by atoms with E-state index in [2.05, 4.69) is 5.32 Å². The first kappa shape index (κ1) is 13.5. The SMILES string of the molecule is Cc1cc(F)ccc1NC(=O)C(=O)N1CC[C@@H](O)C1. The average Bonchev–Trinajstić information content (AvgIpc) is 2.78. The number of benzene rings is 1. The van der Waals surface area contributed by atoms with Crippen molar-refractivity contribution in [3.63, 3.8) is 0 Å². The van der Waals surface area contributed by atoms with Crippen molar-refractivity contribution in [1.82, 2.24) is 4.90 Å². The Balaban J connectivity index is 2.02. The quantitative estimate of drug-likeness (QED) is 0.734. The number of aryl methyl sites for hydroxylation is 1. The fraction of sp³-hybridized carbons (Fsp3) is 0.385. The Kier molecular flexibility index (Phi) is 3.80. The number of nitrogens with zero attached hydrogens (tertiary/aromatic N) is 1. The molecule has 19 heavy (non-hydrogen) atoms. The van der Waals surface area contributed by atoms with Gasteiger partial charge in [-0.2, -0.15) is 0 Å². The Hall–Kier alpha value is -1.95. The molecule has 0 aliphatic carbocycles. The molecule has 1 atom stereocenters. The molecule has 0 bridgehead atoms. The number of carbonyl (C=O) groups excluding carboxylic acids is 2. The van der Waals surface area contributed by atoms with E-state index in [4.69, 9.17) is 0 Å². The minimum absolute atomic E-state index is 0.175. The van der Waals surface area contributed by atoms with Crippen molar-refractivity contribution < 1.29 is 19.1 Å². The van der Waals surface area contributed by atoms with Gasteiger partial charge >= 0.3 is 11.8 Å². The van der Waals surface area contributed by atoms with E-state index in [-0.39, 0.29) is 6.54 Å². The molecule has 1 aliphatic rings. The van der Waals surface area contributed by atoms with Crippen molar-refractivity contribution in [1.29, 1.82) is 0 Å². The highest BCUT2D eigenvalue weighted by atomic mass is 19.1. The molecular formula is C13H15FN2O3. The predicted molar refractivity (Wildman–Crippen MR) is 67.0 cm³/mol. The third-order valence-electron chi connectivity index (χ3n) is 3.08. The van der Waals surface area contributed by atoms with Gasteiger partial charge in [-0.3, -0.25) is 9.59 Å². The van der Waals surface area contributed by atoms with E-state index in [0.717, 1.165) is 0 Å². The lowest BCUT2D eigenvalue weighted by molar-refractivity contribution is -0.142. The van der Waals surface area contributed by atoms with E-state index in [1.165, 1.54) is 23.1 Å². The third kappa shape index (κ3) is 3.08. The topological polar surface area (TPSA) is 69.6 Å². The summed E-state index contributed by atoms with van der Waals surface area (Å²) in [5, 5.41) is 11.8. The molecule has 0 unspecified atom stereocenters. The molecule has 1 heterocycles. The zero-order valence-electron chi connectivity index (χ0n) is 10.5. The molecule has 1 aromatic carbocycles. The lowest BCUT2D eigenvalue weighted by atomic mass is 10.2. The fourth-order valence-corrected chi connectivity index (χ4v) is 2.01. The summed E-state index contributed by atoms with van der Waals surface area (Å²) in [7, 11) is 0. The maximum Gasteiger partial charge on any atom is 0.313 e. The second-order valence-corrected chi connectivity index (χ2v) is 4.61. The standard InChI is InChI=1S/C13H15FN2O3/c1-8-6-9(14)2-3-11(8)15-12(18)13(19)16-5-4-10(17)7-16/h2-3,6,10,17H,4-5,7H2,1H3,(H,15,18)/t10-/m1/s1. The number of amides is 2. The van der Waals surface area contributed by atoms with Gasteiger partial charge in [0, 0.05) is 18.8 Å². The highest BCUT2D eigenvalue weighted by Gasteiger charge is 2.29. The van der Waals surface area contributed by atoms with Crippen LogP contribution in [0.3, 0.4) is 0 Å². The first-order chi connectivity index (χ1) is 8.97. The zero-order valence-corrected chi connectivity index (χ0v) is 10.5. The number of hydrogen-bond acceptors (Lipinski definition) is 3. The van der Waals surface area contributed by atoms with E-state index >= 15 is 0 Å². The highest BCUT2D eigenvalue weighted by Crippen LogP contribution is 2.16. The summed E-state index contributed by atoms with van der Waals surface area (Å²) in [5.74, 6) is -1.85. The van der Waals surface area contributed by atoms with E-state index in [1.807, 2.05) is 0 Å². The van der Waals surface area contributed by atoms with Gasteiger partial charge in [0.15, 0.2) is 0 Å². The number of aliphatic hydroxyl groups is 1. The molecule has 0 spiro atoms. The first-order valence-corrected chi connectivity index (χ1v) is 6.02. The molecule has 2 N–H and O–H groups in total. The van der Waals surface area contributed by atoms with Crippen LogP contribution in [0, 0.1) is 12.7 Å². The Bertz CT molecular complexity index is 519. The van der Waals surface area contributed by atoms with Crippen molar-refractivity contribution in [3.05, 3.63) is 29.6 Å². The summed E-state index contributed by atoms with van der Waals surface area (Å²) in [6.07, 6.45) is -0.0847. The lowest BCUT2D eigenvalue weighted by Crippen LogP contribution is -2.38. The van der Waals surface area contributed by atoms with E-state index in [0.29, 0.717) is 24.2 Å². The number of halogens is 1. The summed E-state index contributed by atoms with van der Waals surface area (Å²) in [4.78, 5) is 24.9. The average molecular weight is 266 g/mol. The molecule has 2 amide bonds. The van der Waals surface area contributed by atoms with Crippen molar-refractivity contribution in [2.75, 3.05) is 18.4 Å². The number of anilines is 1. The molecule has 0 saturated carbocycles. The molecule has 6 heteroatoms. The molecule has 5 nitrogen and oxygen atoms in total. The smallest absolute Gasteiger partial charge is 0.313 e. The van der Waals surface area contributed by atoms with Gasteiger partial charge in [-0.15, -0.1) is 0 Å². The first-order valence-electron chi connectivity index (χ1n) is 6.02.